The summed E-state index contributed by atoms with van der Waals surface area (Å²) < 4.78 is 28.2. The van der Waals surface area contributed by atoms with Gasteiger partial charge in [-0.05, 0) is 43.9 Å². The van der Waals surface area contributed by atoms with Gasteiger partial charge in [-0.15, -0.1) is 12.4 Å². The van der Waals surface area contributed by atoms with Crippen LogP contribution in [0, 0.1) is 5.92 Å². The predicted octanol–water partition coefficient (Wildman–Crippen LogP) is 1.38. The fraction of sp³-hybridized carbons (Fsp3) is 0.462. The summed E-state index contributed by atoms with van der Waals surface area (Å²) in [7, 11) is -3.78. The molecule has 1 aromatic carbocycles. The molecule has 0 aromatic heterocycles. The van der Waals surface area contributed by atoms with Crippen molar-refractivity contribution in [3.63, 3.8) is 0 Å². The number of nitrogens with two attached hydrogens (primary N) is 2. The van der Waals surface area contributed by atoms with Crippen LogP contribution in [0.1, 0.15) is 30.1 Å². The Morgan fingerprint density at radius 1 is 1.41 bits per heavy atom. The van der Waals surface area contributed by atoms with Crippen LogP contribution in [-0.4, -0.2) is 26.4 Å². The number of hydrogen-bond donors (Lipinski definition) is 3. The van der Waals surface area contributed by atoms with E-state index >= 15 is 0 Å². The summed E-state index contributed by atoms with van der Waals surface area (Å²) in [5.41, 5.74) is 10.4. The highest BCUT2D eigenvalue weighted by Gasteiger charge is 2.43. The van der Waals surface area contributed by atoms with Crippen molar-refractivity contribution in [3.8, 4) is 0 Å². The van der Waals surface area contributed by atoms with Gasteiger partial charge >= 0.3 is 0 Å². The topological polar surface area (TPSA) is 115 Å². The van der Waals surface area contributed by atoms with Gasteiger partial charge in [0.1, 0.15) is 0 Å². The first-order chi connectivity index (χ1) is 9.68. The van der Waals surface area contributed by atoms with E-state index < -0.39 is 21.5 Å². The number of amides is 1. The molecular formula is C13H19BrClN3O3S. The second-order valence-electron chi connectivity index (χ2n) is 5.54. The lowest BCUT2D eigenvalue weighted by Crippen LogP contribution is -2.52. The molecule has 0 aliphatic heterocycles. The lowest BCUT2D eigenvalue weighted by molar-refractivity contribution is 0.1000. The van der Waals surface area contributed by atoms with Gasteiger partial charge in [-0.3, -0.25) is 4.79 Å². The molecule has 6 nitrogen and oxygen atoms in total. The number of carbonyl (C=O) groups excluding carboxylic acids is 1. The highest BCUT2D eigenvalue weighted by atomic mass is 79.9. The normalized spacial score (nSPS) is 17.4. The first-order valence-corrected chi connectivity index (χ1v) is 8.80. The lowest BCUT2D eigenvalue weighted by atomic mass is 9.98. The third kappa shape index (κ3) is 4.20. The first kappa shape index (κ1) is 19.4. The zero-order valence-corrected chi connectivity index (χ0v) is 15.2. The fourth-order valence-corrected chi connectivity index (χ4v) is 4.43. The van der Waals surface area contributed by atoms with Crippen molar-refractivity contribution in [1.82, 2.24) is 4.72 Å². The van der Waals surface area contributed by atoms with Crippen molar-refractivity contribution in [1.29, 1.82) is 0 Å². The lowest BCUT2D eigenvalue weighted by Gasteiger charge is -2.29. The van der Waals surface area contributed by atoms with E-state index in [2.05, 4.69) is 20.7 Å². The van der Waals surface area contributed by atoms with Crippen LogP contribution in [0.4, 0.5) is 0 Å². The molecule has 5 N–H and O–H groups in total. The highest BCUT2D eigenvalue weighted by molar-refractivity contribution is 9.10. The molecule has 1 atom stereocenters. The Bertz CT molecular complexity index is 679. The zero-order valence-electron chi connectivity index (χ0n) is 12.0. The van der Waals surface area contributed by atoms with Gasteiger partial charge in [-0.25, -0.2) is 13.1 Å². The fourth-order valence-electron chi connectivity index (χ4n) is 2.24. The zero-order chi connectivity index (χ0) is 15.8. The van der Waals surface area contributed by atoms with Gasteiger partial charge in [0.25, 0.3) is 0 Å². The van der Waals surface area contributed by atoms with Crippen LogP contribution >= 0.6 is 28.3 Å². The van der Waals surface area contributed by atoms with Gasteiger partial charge in [-0.1, -0.05) is 15.9 Å². The number of sulfonamides is 1. The molecule has 124 valence electrons. The third-order valence-electron chi connectivity index (χ3n) is 3.74. The van der Waals surface area contributed by atoms with Crippen molar-refractivity contribution < 1.29 is 13.2 Å². The molecule has 0 radical (unpaired) electrons. The molecule has 0 bridgehead atoms. The van der Waals surface area contributed by atoms with Gasteiger partial charge in [-0.2, -0.15) is 0 Å². The molecule has 0 heterocycles. The van der Waals surface area contributed by atoms with Gasteiger partial charge in [0.15, 0.2) is 0 Å². The monoisotopic (exact) mass is 411 g/mol. The first-order valence-electron chi connectivity index (χ1n) is 6.52. The number of carbonyl (C=O) groups is 1. The standard InChI is InChI=1S/C13H18BrN3O3S.ClH/c1-13(7-15,9-2-3-9)17-21(19,20)11-5-8(12(16)18)4-10(14)6-11;/h4-6,9,17H,2-3,7,15H2,1H3,(H2,16,18);1H. The average Bonchev–Trinajstić information content (AvgIpc) is 3.22. The van der Waals surface area contributed by atoms with Crippen molar-refractivity contribution in [2.75, 3.05) is 6.54 Å². The Hall–Kier alpha value is -0.670. The summed E-state index contributed by atoms with van der Waals surface area (Å²) in [6.07, 6.45) is 1.92. The minimum absolute atomic E-state index is 0. The maximum atomic E-state index is 12.5. The Morgan fingerprint density at radius 3 is 2.45 bits per heavy atom. The van der Waals surface area contributed by atoms with E-state index in [-0.39, 0.29) is 35.3 Å². The van der Waals surface area contributed by atoms with Crippen molar-refractivity contribution in [2.45, 2.75) is 30.2 Å². The van der Waals surface area contributed by atoms with Crippen LogP contribution in [0.15, 0.2) is 27.6 Å². The molecule has 22 heavy (non-hydrogen) atoms. The van der Waals surface area contributed by atoms with Crippen LogP contribution in [0.25, 0.3) is 0 Å². The summed E-state index contributed by atoms with van der Waals surface area (Å²) >= 11 is 3.19. The van der Waals surface area contributed by atoms with Gasteiger partial charge in [0.05, 0.1) is 4.90 Å². The van der Waals surface area contributed by atoms with Crippen molar-refractivity contribution in [2.24, 2.45) is 17.4 Å². The van der Waals surface area contributed by atoms with Crippen molar-refractivity contribution in [3.05, 3.63) is 28.2 Å². The van der Waals surface area contributed by atoms with Gasteiger partial charge < -0.3 is 11.5 Å². The Kier molecular flexibility index (Phi) is 6.02. The second kappa shape index (κ2) is 6.84. The molecule has 0 spiro atoms. The maximum Gasteiger partial charge on any atom is 0.248 e. The van der Waals surface area contributed by atoms with E-state index in [0.29, 0.717) is 4.47 Å². The van der Waals surface area contributed by atoms with E-state index in [1.165, 1.54) is 18.2 Å². The van der Waals surface area contributed by atoms with E-state index in [9.17, 15) is 13.2 Å². The maximum absolute atomic E-state index is 12.5. The van der Waals surface area contributed by atoms with E-state index in [1.807, 2.05) is 0 Å². The summed E-state index contributed by atoms with van der Waals surface area (Å²) in [6, 6.07) is 4.17. The molecule has 1 aliphatic carbocycles. The number of nitrogens with one attached hydrogen (secondary N) is 1. The summed E-state index contributed by atoms with van der Waals surface area (Å²) in [4.78, 5) is 11.2. The number of rotatable bonds is 6. The predicted molar refractivity (Wildman–Crippen MR) is 90.4 cm³/mol. The summed E-state index contributed by atoms with van der Waals surface area (Å²) in [6.45, 7) is 2.02. The van der Waals surface area contributed by atoms with Gasteiger partial charge in [0, 0.05) is 22.1 Å². The summed E-state index contributed by atoms with van der Waals surface area (Å²) in [5, 5.41) is 0. The third-order valence-corrected chi connectivity index (χ3v) is 5.79. The SMILES string of the molecule is CC(CN)(NS(=O)(=O)c1cc(Br)cc(C(N)=O)c1)C1CC1.Cl. The Balaban J connectivity index is 0.00000242. The number of benzene rings is 1. The number of primary amides is 1. The smallest absolute Gasteiger partial charge is 0.248 e. The van der Waals surface area contributed by atoms with Crippen LogP contribution in [-0.2, 0) is 10.0 Å². The molecule has 1 fully saturated rings. The number of halogens is 2. The van der Waals surface area contributed by atoms with Crippen LogP contribution in [0.3, 0.4) is 0 Å². The molecule has 1 unspecified atom stereocenters. The molecule has 1 saturated carbocycles. The number of hydrogen-bond acceptors (Lipinski definition) is 4. The quantitative estimate of drug-likeness (QED) is 0.654. The van der Waals surface area contributed by atoms with E-state index in [4.69, 9.17) is 11.5 Å². The highest BCUT2D eigenvalue weighted by Crippen LogP contribution is 2.39. The second-order valence-corrected chi connectivity index (χ2v) is 8.14. The molecule has 2 rings (SSSR count). The molecule has 1 aliphatic rings. The molecule has 1 aromatic rings. The van der Waals surface area contributed by atoms with Crippen LogP contribution in [0.2, 0.25) is 0 Å². The van der Waals surface area contributed by atoms with Crippen molar-refractivity contribution >= 4 is 44.3 Å². The largest absolute Gasteiger partial charge is 0.366 e. The molecule has 9 heteroatoms. The minimum atomic E-state index is -3.78. The van der Waals surface area contributed by atoms with E-state index in [1.54, 1.807) is 6.92 Å². The van der Waals surface area contributed by atoms with Crippen LogP contribution < -0.4 is 16.2 Å². The van der Waals surface area contributed by atoms with E-state index in [0.717, 1.165) is 12.8 Å². The van der Waals surface area contributed by atoms with Crippen LogP contribution in [0.5, 0.6) is 0 Å². The molecule has 0 saturated heterocycles. The average molecular weight is 413 g/mol. The summed E-state index contributed by atoms with van der Waals surface area (Å²) in [5.74, 6) is -0.434. The van der Waals surface area contributed by atoms with Gasteiger partial charge in [0.2, 0.25) is 15.9 Å². The Labute approximate surface area is 144 Å². The molecule has 1 amide bonds. The minimum Gasteiger partial charge on any atom is -0.366 e. The molecular weight excluding hydrogens is 394 g/mol. The Morgan fingerprint density at radius 2 is 2.00 bits per heavy atom.